The van der Waals surface area contributed by atoms with Crippen LogP contribution in [0, 0.1) is 0 Å². The fourth-order valence-corrected chi connectivity index (χ4v) is 2.27. The fourth-order valence-electron chi connectivity index (χ4n) is 2.27. The van der Waals surface area contributed by atoms with Crippen molar-refractivity contribution in [2.24, 2.45) is 10.7 Å². The Bertz CT molecular complexity index is 215. The summed E-state index contributed by atoms with van der Waals surface area (Å²) in [5.41, 5.74) is 5.98. The van der Waals surface area contributed by atoms with Crippen LogP contribution in [0.3, 0.4) is 0 Å². The van der Waals surface area contributed by atoms with Crippen molar-refractivity contribution in [2.45, 2.75) is 57.0 Å². The summed E-state index contributed by atoms with van der Waals surface area (Å²) in [6.07, 6.45) is 9.06. The molecule has 0 atom stereocenters. The molecule has 0 saturated heterocycles. The summed E-state index contributed by atoms with van der Waals surface area (Å²) in [5.74, 6) is 0.765. The Morgan fingerprint density at radius 2 is 1.79 bits per heavy atom. The van der Waals surface area contributed by atoms with Gasteiger partial charge in [0.2, 0.25) is 0 Å². The molecule has 0 spiro atoms. The van der Waals surface area contributed by atoms with Crippen LogP contribution < -0.4 is 5.73 Å². The molecular formula is C11H21N3. The smallest absolute Gasteiger partial charge is 0.191 e. The van der Waals surface area contributed by atoms with Gasteiger partial charge in [-0.25, -0.2) is 4.99 Å². The van der Waals surface area contributed by atoms with Gasteiger partial charge in [0.25, 0.3) is 0 Å². The number of nitrogens with two attached hydrogens (primary N) is 1. The van der Waals surface area contributed by atoms with Gasteiger partial charge >= 0.3 is 0 Å². The fraction of sp³-hybridized carbons (Fsp3) is 0.909. The number of hydrogen-bond acceptors (Lipinski definition) is 1. The van der Waals surface area contributed by atoms with Crippen molar-refractivity contribution in [3.63, 3.8) is 0 Å². The van der Waals surface area contributed by atoms with Gasteiger partial charge in [-0.15, -0.1) is 0 Å². The molecule has 0 aliphatic heterocycles. The standard InChI is InChI=1S/C11H21N3/c1-14(10-7-4-8-10)11(12)13-9-5-2-3-6-9/h9-10H,2-8H2,1H3,(H2,12,13). The minimum Gasteiger partial charge on any atom is -0.370 e. The van der Waals surface area contributed by atoms with Crippen LogP contribution in [-0.2, 0) is 0 Å². The van der Waals surface area contributed by atoms with Gasteiger partial charge in [0.05, 0.1) is 6.04 Å². The average Bonchev–Trinajstić information content (AvgIpc) is 2.53. The quantitative estimate of drug-likeness (QED) is 0.538. The Kier molecular flexibility index (Phi) is 2.94. The topological polar surface area (TPSA) is 41.6 Å². The van der Waals surface area contributed by atoms with Gasteiger partial charge in [-0.05, 0) is 32.1 Å². The maximum atomic E-state index is 5.98. The Balaban J connectivity index is 1.87. The summed E-state index contributed by atoms with van der Waals surface area (Å²) in [4.78, 5) is 6.77. The highest BCUT2D eigenvalue weighted by atomic mass is 15.3. The van der Waals surface area contributed by atoms with Crippen molar-refractivity contribution in [3.8, 4) is 0 Å². The first kappa shape index (κ1) is 9.81. The zero-order valence-electron chi connectivity index (χ0n) is 9.08. The van der Waals surface area contributed by atoms with E-state index in [1.54, 1.807) is 0 Å². The number of rotatable bonds is 2. The Hall–Kier alpha value is -0.730. The van der Waals surface area contributed by atoms with E-state index in [9.17, 15) is 0 Å². The van der Waals surface area contributed by atoms with Crippen LogP contribution in [0.5, 0.6) is 0 Å². The van der Waals surface area contributed by atoms with Crippen molar-refractivity contribution in [3.05, 3.63) is 0 Å². The molecule has 2 fully saturated rings. The second-order valence-corrected chi connectivity index (χ2v) is 4.62. The van der Waals surface area contributed by atoms with E-state index in [-0.39, 0.29) is 0 Å². The van der Waals surface area contributed by atoms with Gasteiger partial charge in [0.15, 0.2) is 5.96 Å². The largest absolute Gasteiger partial charge is 0.370 e. The minimum atomic E-state index is 0.512. The first-order valence-corrected chi connectivity index (χ1v) is 5.83. The molecular weight excluding hydrogens is 174 g/mol. The van der Waals surface area contributed by atoms with E-state index in [0.29, 0.717) is 12.1 Å². The zero-order chi connectivity index (χ0) is 9.97. The zero-order valence-corrected chi connectivity index (χ0v) is 9.08. The lowest BCUT2D eigenvalue weighted by atomic mass is 9.92. The third-order valence-electron chi connectivity index (χ3n) is 3.62. The first-order valence-electron chi connectivity index (χ1n) is 5.83. The molecule has 14 heavy (non-hydrogen) atoms. The van der Waals surface area contributed by atoms with E-state index < -0.39 is 0 Å². The summed E-state index contributed by atoms with van der Waals surface area (Å²) in [6.45, 7) is 0. The van der Waals surface area contributed by atoms with Gasteiger partial charge in [0.1, 0.15) is 0 Å². The Morgan fingerprint density at radius 3 is 2.29 bits per heavy atom. The molecule has 0 radical (unpaired) electrons. The molecule has 2 aliphatic carbocycles. The summed E-state index contributed by atoms with van der Waals surface area (Å²) in [5, 5.41) is 0. The van der Waals surface area contributed by atoms with Crippen LogP contribution in [0.4, 0.5) is 0 Å². The number of guanidine groups is 1. The van der Waals surface area contributed by atoms with E-state index in [4.69, 9.17) is 5.73 Å². The maximum Gasteiger partial charge on any atom is 0.191 e. The lowest BCUT2D eigenvalue weighted by Gasteiger charge is -2.35. The predicted molar refractivity (Wildman–Crippen MR) is 59.3 cm³/mol. The molecule has 2 aliphatic rings. The van der Waals surface area contributed by atoms with Gasteiger partial charge in [0, 0.05) is 13.1 Å². The van der Waals surface area contributed by atoms with Gasteiger partial charge in [-0.2, -0.15) is 0 Å². The molecule has 2 rings (SSSR count). The highest BCUT2D eigenvalue weighted by Gasteiger charge is 2.24. The highest BCUT2D eigenvalue weighted by Crippen LogP contribution is 2.24. The third kappa shape index (κ3) is 2.02. The van der Waals surface area contributed by atoms with Crippen molar-refractivity contribution in [1.82, 2.24) is 4.90 Å². The summed E-state index contributed by atoms with van der Waals surface area (Å²) in [6, 6.07) is 1.18. The van der Waals surface area contributed by atoms with Gasteiger partial charge < -0.3 is 10.6 Å². The number of nitrogens with zero attached hydrogens (tertiary/aromatic N) is 2. The van der Waals surface area contributed by atoms with E-state index >= 15 is 0 Å². The average molecular weight is 195 g/mol. The first-order chi connectivity index (χ1) is 6.77. The van der Waals surface area contributed by atoms with E-state index in [1.807, 2.05) is 0 Å². The number of aliphatic imine (C=N–C) groups is 1. The third-order valence-corrected chi connectivity index (χ3v) is 3.62. The molecule has 0 heterocycles. The molecule has 0 bridgehead atoms. The van der Waals surface area contributed by atoms with E-state index in [1.165, 1.54) is 44.9 Å². The summed E-state index contributed by atoms with van der Waals surface area (Å²) in [7, 11) is 2.08. The second-order valence-electron chi connectivity index (χ2n) is 4.62. The van der Waals surface area contributed by atoms with Gasteiger partial charge in [-0.1, -0.05) is 12.8 Å². The maximum absolute atomic E-state index is 5.98. The molecule has 2 saturated carbocycles. The van der Waals surface area contributed by atoms with Crippen LogP contribution >= 0.6 is 0 Å². The molecule has 0 aromatic heterocycles. The highest BCUT2D eigenvalue weighted by molar-refractivity contribution is 5.78. The lowest BCUT2D eigenvalue weighted by molar-refractivity contribution is 0.237. The molecule has 0 aromatic carbocycles. The molecule has 0 aromatic rings. The van der Waals surface area contributed by atoms with E-state index in [0.717, 1.165) is 5.96 Å². The molecule has 3 nitrogen and oxygen atoms in total. The van der Waals surface area contributed by atoms with Crippen LogP contribution in [0.25, 0.3) is 0 Å². The van der Waals surface area contributed by atoms with Crippen molar-refractivity contribution in [2.75, 3.05) is 7.05 Å². The normalized spacial score (nSPS) is 25.1. The van der Waals surface area contributed by atoms with Crippen LogP contribution in [-0.4, -0.2) is 30.0 Å². The second kappa shape index (κ2) is 4.20. The summed E-state index contributed by atoms with van der Waals surface area (Å²) < 4.78 is 0. The molecule has 3 heteroatoms. The van der Waals surface area contributed by atoms with Crippen LogP contribution in [0.15, 0.2) is 4.99 Å². The summed E-state index contributed by atoms with van der Waals surface area (Å²) >= 11 is 0. The monoisotopic (exact) mass is 195 g/mol. The van der Waals surface area contributed by atoms with Crippen molar-refractivity contribution < 1.29 is 0 Å². The van der Waals surface area contributed by atoms with Crippen LogP contribution in [0.1, 0.15) is 44.9 Å². The minimum absolute atomic E-state index is 0.512. The molecule has 2 N–H and O–H groups in total. The predicted octanol–water partition coefficient (Wildman–Crippen LogP) is 1.73. The molecule has 0 amide bonds. The van der Waals surface area contributed by atoms with Crippen LogP contribution in [0.2, 0.25) is 0 Å². The molecule has 0 unspecified atom stereocenters. The SMILES string of the molecule is CN(C(N)=NC1CCCC1)C1CCC1. The number of hydrogen-bond donors (Lipinski definition) is 1. The van der Waals surface area contributed by atoms with Gasteiger partial charge in [-0.3, -0.25) is 0 Å². The van der Waals surface area contributed by atoms with E-state index in [2.05, 4.69) is 16.9 Å². The van der Waals surface area contributed by atoms with Crippen molar-refractivity contribution >= 4 is 5.96 Å². The lowest BCUT2D eigenvalue weighted by Crippen LogP contribution is -2.45. The Labute approximate surface area is 86.4 Å². The van der Waals surface area contributed by atoms with Crippen molar-refractivity contribution in [1.29, 1.82) is 0 Å². The Morgan fingerprint density at radius 1 is 1.14 bits per heavy atom. The molecule has 80 valence electrons.